The average Bonchev–Trinajstić information content (AvgIpc) is 2.64. The average molecular weight is 459 g/mol. The van der Waals surface area contributed by atoms with Crippen LogP contribution < -0.4 is 26.5 Å². The van der Waals surface area contributed by atoms with Crippen molar-refractivity contribution in [3.05, 3.63) is 30.3 Å². The predicted octanol–water partition coefficient (Wildman–Crippen LogP) is 0.785. The molecule has 0 amide bonds. The second kappa shape index (κ2) is 23.3. The summed E-state index contributed by atoms with van der Waals surface area (Å²) in [6.45, 7) is 9.41. The Morgan fingerprint density at radius 2 is 1.31 bits per heavy atom. The van der Waals surface area contributed by atoms with E-state index in [1.807, 2.05) is 13.8 Å². The van der Waals surface area contributed by atoms with Gasteiger partial charge in [-0.3, -0.25) is 0 Å². The molecule has 7 heteroatoms. The summed E-state index contributed by atoms with van der Waals surface area (Å²) < 4.78 is 1.53. The van der Waals surface area contributed by atoms with E-state index in [1.165, 1.54) is 4.40 Å². The van der Waals surface area contributed by atoms with Crippen LogP contribution in [-0.4, -0.2) is 65.2 Å². The molecule has 0 fully saturated rings. The first-order chi connectivity index (χ1) is 12.5. The van der Waals surface area contributed by atoms with Crippen LogP contribution >= 0.6 is 0 Å². The summed E-state index contributed by atoms with van der Waals surface area (Å²) in [5.41, 5.74) is 10.6. The normalized spacial score (nSPS) is 12.3. The Balaban J connectivity index is 0. The van der Waals surface area contributed by atoms with Crippen molar-refractivity contribution in [3.63, 3.8) is 0 Å². The van der Waals surface area contributed by atoms with Gasteiger partial charge in [-0.25, -0.2) is 0 Å². The fourth-order valence-corrected chi connectivity index (χ4v) is 3.01. The van der Waals surface area contributed by atoms with Crippen molar-refractivity contribution in [2.75, 3.05) is 39.3 Å². The molecule has 0 spiro atoms. The molecular formula is C19H38GeN4S2-2. The van der Waals surface area contributed by atoms with Gasteiger partial charge in [-0.15, -0.1) is 0 Å². The van der Waals surface area contributed by atoms with Crippen molar-refractivity contribution in [2.45, 2.75) is 42.9 Å². The molecule has 0 aromatic heterocycles. The molecule has 152 valence electrons. The Kier molecular flexibility index (Phi) is 25.6. The van der Waals surface area contributed by atoms with E-state index in [2.05, 4.69) is 46.7 Å². The van der Waals surface area contributed by atoms with Gasteiger partial charge in [-0.2, -0.15) is 10.5 Å². The van der Waals surface area contributed by atoms with Gasteiger partial charge in [-0.1, -0.05) is 13.8 Å². The molecule has 2 unspecified atom stereocenters. The Bertz CT molecular complexity index is 352. The molecule has 0 saturated heterocycles. The van der Waals surface area contributed by atoms with E-state index in [1.54, 1.807) is 0 Å². The number of hydrogen-bond donors (Lipinski definition) is 4. The van der Waals surface area contributed by atoms with Crippen molar-refractivity contribution in [2.24, 2.45) is 11.5 Å². The molecule has 1 rings (SSSR count). The Morgan fingerprint density at radius 3 is 1.58 bits per heavy atom. The second-order valence-electron chi connectivity index (χ2n) is 5.93. The van der Waals surface area contributed by atoms with Gasteiger partial charge in [0.15, 0.2) is 0 Å². The number of hydrogen-bond acceptors (Lipinski definition) is 6. The summed E-state index contributed by atoms with van der Waals surface area (Å²) in [4.78, 5) is 0. The van der Waals surface area contributed by atoms with Crippen LogP contribution in [0.15, 0.2) is 30.3 Å². The van der Waals surface area contributed by atoms with Crippen molar-refractivity contribution in [1.82, 2.24) is 10.6 Å². The Hall–Kier alpha value is 0.303. The van der Waals surface area contributed by atoms with E-state index in [4.69, 9.17) is 36.7 Å². The molecule has 0 saturated carbocycles. The van der Waals surface area contributed by atoms with Gasteiger partial charge in [0.05, 0.1) is 0 Å². The number of nitrogens with one attached hydrogen (secondary N) is 2. The van der Waals surface area contributed by atoms with Gasteiger partial charge in [0.2, 0.25) is 0 Å². The number of rotatable bonds is 11. The third-order valence-corrected chi connectivity index (χ3v) is 5.29. The molecule has 1 aromatic rings. The van der Waals surface area contributed by atoms with Gasteiger partial charge in [0.1, 0.15) is 0 Å². The van der Waals surface area contributed by atoms with Crippen molar-refractivity contribution >= 4 is 45.1 Å². The third kappa shape index (κ3) is 26.5. The van der Waals surface area contributed by atoms with Crippen molar-refractivity contribution < 1.29 is 0 Å². The zero-order valence-corrected chi connectivity index (χ0v) is 20.4. The minimum atomic E-state index is 0.196. The van der Waals surface area contributed by atoms with Gasteiger partial charge in [0, 0.05) is 0 Å². The maximum absolute atomic E-state index is 5.28. The van der Waals surface area contributed by atoms with Crippen LogP contribution in [0.3, 0.4) is 0 Å². The molecule has 0 aliphatic carbocycles. The van der Waals surface area contributed by atoms with Crippen LogP contribution in [0.25, 0.3) is 0 Å². The summed E-state index contributed by atoms with van der Waals surface area (Å²) in [5, 5.41) is 7.07. The van der Waals surface area contributed by atoms with Crippen molar-refractivity contribution in [1.29, 1.82) is 0 Å². The first kappa shape index (κ1) is 28.5. The molecule has 0 heterocycles. The number of benzene rings is 1. The van der Waals surface area contributed by atoms with Gasteiger partial charge >= 0.3 is 55.9 Å². The monoisotopic (exact) mass is 460 g/mol. The number of nitrogens with two attached hydrogens (primary N) is 2. The van der Waals surface area contributed by atoms with E-state index in [0.717, 1.165) is 52.1 Å². The molecule has 26 heavy (non-hydrogen) atoms. The predicted molar refractivity (Wildman–Crippen MR) is 124 cm³/mol. The first-order valence-electron chi connectivity index (χ1n) is 9.33. The molecule has 0 aliphatic heterocycles. The molecular weight excluding hydrogens is 421 g/mol. The summed E-state index contributed by atoms with van der Waals surface area (Å²) in [6.07, 6.45) is 2.09. The molecule has 2 atom stereocenters. The molecule has 1 aromatic carbocycles. The van der Waals surface area contributed by atoms with Gasteiger partial charge < -0.3 is 47.4 Å². The van der Waals surface area contributed by atoms with E-state index >= 15 is 0 Å². The zero-order chi connectivity index (χ0) is 20.0. The fourth-order valence-electron chi connectivity index (χ4n) is 1.67. The Morgan fingerprint density at radius 1 is 0.885 bits per heavy atom. The quantitative estimate of drug-likeness (QED) is 0.223. The van der Waals surface area contributed by atoms with Crippen molar-refractivity contribution in [3.8, 4) is 0 Å². The maximum atomic E-state index is 5.28. The molecule has 4 nitrogen and oxygen atoms in total. The summed E-state index contributed by atoms with van der Waals surface area (Å²) in [5.74, 6) is 2.29. The molecule has 2 radical (unpaired) electrons. The van der Waals surface area contributed by atoms with E-state index < -0.39 is 0 Å². The Labute approximate surface area is 179 Å². The minimum absolute atomic E-state index is 0.196. The van der Waals surface area contributed by atoms with Crippen LogP contribution in [0.4, 0.5) is 0 Å². The standard InChI is InChI=1S/C7H8Ge.2C6H16N2S/c1-8-7-5-3-2-4-6-7;2*1-6(9)5-8-4-2-3-7/h2-6H,1H3;2*6,8-9H,2-5,7H2,1H3/p-2. The topological polar surface area (TPSA) is 76.1 Å². The molecule has 6 N–H and O–H groups in total. The van der Waals surface area contributed by atoms with Crippen LogP contribution in [0.1, 0.15) is 26.7 Å². The first-order valence-corrected chi connectivity index (χ1v) is 13.4. The zero-order valence-electron chi connectivity index (χ0n) is 16.7. The molecule has 0 bridgehead atoms. The van der Waals surface area contributed by atoms with Crippen LogP contribution in [-0.2, 0) is 25.3 Å². The van der Waals surface area contributed by atoms with Crippen LogP contribution in [0.5, 0.6) is 0 Å². The van der Waals surface area contributed by atoms with E-state index in [0.29, 0.717) is 10.5 Å². The van der Waals surface area contributed by atoms with Gasteiger partial charge in [-0.05, 0) is 52.1 Å². The SMILES string of the molecule is CC([S-])CNCCCN.CC([S-])CNCCCN.[CH3][Ge][c]1ccccc1. The summed E-state index contributed by atoms with van der Waals surface area (Å²) >= 11 is 10.1. The van der Waals surface area contributed by atoms with Crippen LogP contribution in [0.2, 0.25) is 5.76 Å². The second-order valence-corrected chi connectivity index (χ2v) is 9.80. The van der Waals surface area contributed by atoms with Crippen LogP contribution in [0, 0.1) is 0 Å². The van der Waals surface area contributed by atoms with Gasteiger partial charge in [0.25, 0.3) is 0 Å². The molecule has 0 aliphatic rings. The fraction of sp³-hybridized carbons (Fsp3) is 0.684. The van der Waals surface area contributed by atoms with E-state index in [9.17, 15) is 0 Å². The summed E-state index contributed by atoms with van der Waals surface area (Å²) in [7, 11) is 0. The summed E-state index contributed by atoms with van der Waals surface area (Å²) in [6, 6.07) is 10.6. The third-order valence-electron chi connectivity index (χ3n) is 3.04. The van der Waals surface area contributed by atoms with E-state index in [-0.39, 0.29) is 15.4 Å².